The summed E-state index contributed by atoms with van der Waals surface area (Å²) >= 11 is 4.75. The minimum Gasteiger partial charge on any atom is -0.373 e. The van der Waals surface area contributed by atoms with Crippen LogP contribution >= 0.6 is 12.2 Å². The van der Waals surface area contributed by atoms with Gasteiger partial charge < -0.3 is 15.7 Å². The quantitative estimate of drug-likeness (QED) is 0.400. The Labute approximate surface area is 59.4 Å². The maximum atomic E-state index is 9.11. The van der Waals surface area contributed by atoms with Crippen molar-refractivity contribution in [1.82, 2.24) is 10.6 Å². The van der Waals surface area contributed by atoms with E-state index in [-0.39, 0.29) is 5.92 Å². The molecule has 0 aromatic rings. The van der Waals surface area contributed by atoms with Crippen molar-refractivity contribution in [1.29, 1.82) is 0 Å². The first kappa shape index (κ1) is 6.77. The van der Waals surface area contributed by atoms with Gasteiger partial charge in [-0.2, -0.15) is 0 Å². The van der Waals surface area contributed by atoms with Gasteiger partial charge in [0.2, 0.25) is 0 Å². The second-order valence-corrected chi connectivity index (χ2v) is 2.68. The molecule has 0 aliphatic carbocycles. The average Bonchev–Trinajstić information content (AvgIpc) is 1.80. The van der Waals surface area contributed by atoms with Gasteiger partial charge in [0.15, 0.2) is 5.11 Å². The minimum absolute atomic E-state index is 0.233. The summed E-state index contributed by atoms with van der Waals surface area (Å²) in [5.41, 5.74) is 0. The zero-order valence-electron chi connectivity index (χ0n) is 5.22. The molecule has 4 heteroatoms. The third-order valence-corrected chi connectivity index (χ3v) is 1.66. The topological polar surface area (TPSA) is 44.3 Å². The highest BCUT2D eigenvalue weighted by atomic mass is 32.1. The fraction of sp³-hybridized carbons (Fsp3) is 0.800. The highest BCUT2D eigenvalue weighted by Gasteiger charge is 2.19. The van der Waals surface area contributed by atoms with Gasteiger partial charge in [-0.1, -0.05) is 6.92 Å². The first-order chi connectivity index (χ1) is 4.20. The van der Waals surface area contributed by atoms with Crippen molar-refractivity contribution >= 4 is 17.3 Å². The summed E-state index contributed by atoms with van der Waals surface area (Å²) in [6.45, 7) is 2.71. The molecule has 52 valence electrons. The Kier molecular flexibility index (Phi) is 1.87. The van der Waals surface area contributed by atoms with Crippen LogP contribution in [0.3, 0.4) is 0 Å². The Morgan fingerprint density at radius 1 is 1.78 bits per heavy atom. The molecule has 1 aliphatic heterocycles. The fourth-order valence-corrected chi connectivity index (χ4v) is 0.897. The Morgan fingerprint density at radius 3 is 2.89 bits per heavy atom. The third kappa shape index (κ3) is 1.53. The van der Waals surface area contributed by atoms with Crippen molar-refractivity contribution in [2.75, 3.05) is 6.54 Å². The molecular weight excluding hydrogens is 136 g/mol. The number of hydrogen-bond donors (Lipinski definition) is 3. The molecule has 0 aromatic heterocycles. The maximum Gasteiger partial charge on any atom is 0.168 e. The second kappa shape index (κ2) is 2.49. The molecule has 3 nitrogen and oxygen atoms in total. The minimum atomic E-state index is -0.473. The van der Waals surface area contributed by atoms with Gasteiger partial charge >= 0.3 is 0 Å². The van der Waals surface area contributed by atoms with Gasteiger partial charge in [0.05, 0.1) is 0 Å². The molecule has 1 fully saturated rings. The van der Waals surface area contributed by atoms with Crippen LogP contribution in [0, 0.1) is 5.92 Å². The molecule has 9 heavy (non-hydrogen) atoms. The molecule has 0 aromatic carbocycles. The Bertz CT molecular complexity index is 128. The van der Waals surface area contributed by atoms with E-state index in [1.165, 1.54) is 0 Å². The smallest absolute Gasteiger partial charge is 0.168 e. The van der Waals surface area contributed by atoms with E-state index in [0.29, 0.717) is 5.11 Å². The molecular formula is C5H10N2OS. The van der Waals surface area contributed by atoms with Gasteiger partial charge in [0, 0.05) is 12.5 Å². The van der Waals surface area contributed by atoms with Crippen molar-refractivity contribution in [2.45, 2.75) is 13.2 Å². The number of nitrogens with one attached hydrogen (secondary N) is 2. The lowest BCUT2D eigenvalue weighted by molar-refractivity contribution is 0.0941. The molecule has 0 radical (unpaired) electrons. The molecule has 2 atom stereocenters. The third-order valence-electron chi connectivity index (χ3n) is 1.40. The number of hydrogen-bond acceptors (Lipinski definition) is 2. The van der Waals surface area contributed by atoms with Gasteiger partial charge in [0.25, 0.3) is 0 Å². The SMILES string of the molecule is CC1CNC(=S)NC1O. The highest BCUT2D eigenvalue weighted by Crippen LogP contribution is 2.01. The molecule has 0 saturated carbocycles. The summed E-state index contributed by atoms with van der Waals surface area (Å²) < 4.78 is 0. The van der Waals surface area contributed by atoms with E-state index in [2.05, 4.69) is 10.6 Å². The Hall–Kier alpha value is -0.350. The molecule has 0 bridgehead atoms. The van der Waals surface area contributed by atoms with Crippen molar-refractivity contribution in [3.63, 3.8) is 0 Å². The molecule has 0 spiro atoms. The van der Waals surface area contributed by atoms with Crippen LogP contribution in [0.2, 0.25) is 0 Å². The summed E-state index contributed by atoms with van der Waals surface area (Å²) in [7, 11) is 0. The molecule has 1 aliphatic rings. The van der Waals surface area contributed by atoms with Crippen LogP contribution in [-0.2, 0) is 0 Å². The van der Waals surface area contributed by atoms with Crippen molar-refractivity contribution in [3.05, 3.63) is 0 Å². The van der Waals surface area contributed by atoms with Crippen molar-refractivity contribution in [2.24, 2.45) is 5.92 Å². The van der Waals surface area contributed by atoms with Crippen LogP contribution in [0.15, 0.2) is 0 Å². The van der Waals surface area contributed by atoms with Gasteiger partial charge in [-0.3, -0.25) is 0 Å². The van der Waals surface area contributed by atoms with Crippen LogP contribution in [0.25, 0.3) is 0 Å². The van der Waals surface area contributed by atoms with Crippen LogP contribution < -0.4 is 10.6 Å². The van der Waals surface area contributed by atoms with Crippen molar-refractivity contribution < 1.29 is 5.11 Å². The molecule has 1 heterocycles. The van der Waals surface area contributed by atoms with Gasteiger partial charge in [0.1, 0.15) is 6.23 Å². The molecule has 3 N–H and O–H groups in total. The second-order valence-electron chi connectivity index (χ2n) is 2.28. The van der Waals surface area contributed by atoms with Gasteiger partial charge in [-0.25, -0.2) is 0 Å². The average molecular weight is 146 g/mol. The van der Waals surface area contributed by atoms with Crippen LogP contribution in [0.5, 0.6) is 0 Å². The first-order valence-electron chi connectivity index (χ1n) is 2.92. The number of aliphatic hydroxyl groups is 1. The summed E-state index contributed by atoms with van der Waals surface area (Å²) in [6.07, 6.45) is -0.473. The molecule has 1 saturated heterocycles. The zero-order valence-corrected chi connectivity index (χ0v) is 6.03. The Morgan fingerprint density at radius 2 is 2.44 bits per heavy atom. The molecule has 0 amide bonds. The largest absolute Gasteiger partial charge is 0.373 e. The summed E-state index contributed by atoms with van der Waals surface area (Å²) in [6, 6.07) is 0. The number of aliphatic hydroxyl groups excluding tert-OH is 1. The Balaban J connectivity index is 2.44. The highest BCUT2D eigenvalue weighted by molar-refractivity contribution is 7.80. The lowest BCUT2D eigenvalue weighted by Gasteiger charge is -2.27. The van der Waals surface area contributed by atoms with E-state index in [1.54, 1.807) is 0 Å². The van der Waals surface area contributed by atoms with E-state index >= 15 is 0 Å². The normalized spacial score (nSPS) is 35.1. The lowest BCUT2D eigenvalue weighted by atomic mass is 10.1. The summed E-state index contributed by atoms with van der Waals surface area (Å²) in [4.78, 5) is 0. The lowest BCUT2D eigenvalue weighted by Crippen LogP contribution is -2.53. The fourth-order valence-electron chi connectivity index (χ4n) is 0.693. The maximum absolute atomic E-state index is 9.11. The number of thiocarbonyl (C=S) groups is 1. The first-order valence-corrected chi connectivity index (χ1v) is 3.33. The van der Waals surface area contributed by atoms with Gasteiger partial charge in [-0.15, -0.1) is 0 Å². The van der Waals surface area contributed by atoms with Gasteiger partial charge in [-0.05, 0) is 12.2 Å². The van der Waals surface area contributed by atoms with Crippen LogP contribution in [0.4, 0.5) is 0 Å². The predicted octanol–water partition coefficient (Wildman–Crippen LogP) is -0.581. The van der Waals surface area contributed by atoms with E-state index in [0.717, 1.165) is 6.54 Å². The van der Waals surface area contributed by atoms with Crippen molar-refractivity contribution in [3.8, 4) is 0 Å². The van der Waals surface area contributed by atoms with Crippen LogP contribution in [-0.4, -0.2) is 23.0 Å². The van der Waals surface area contributed by atoms with E-state index < -0.39 is 6.23 Å². The number of rotatable bonds is 0. The predicted molar refractivity (Wildman–Crippen MR) is 38.9 cm³/mol. The standard InChI is InChI=1S/C5H10N2OS/c1-3-2-6-5(9)7-4(3)8/h3-4,8H,2H2,1H3,(H2,6,7,9). The molecule has 2 unspecified atom stereocenters. The summed E-state index contributed by atoms with van der Waals surface area (Å²) in [5.74, 6) is 0.233. The molecule has 1 rings (SSSR count). The monoisotopic (exact) mass is 146 g/mol. The summed E-state index contributed by atoms with van der Waals surface area (Å²) in [5, 5.41) is 15.3. The zero-order chi connectivity index (χ0) is 6.85. The van der Waals surface area contributed by atoms with E-state index in [9.17, 15) is 0 Å². The van der Waals surface area contributed by atoms with E-state index in [1.807, 2.05) is 6.92 Å². The van der Waals surface area contributed by atoms with E-state index in [4.69, 9.17) is 17.3 Å². The van der Waals surface area contributed by atoms with Crippen LogP contribution in [0.1, 0.15) is 6.92 Å².